The van der Waals surface area contributed by atoms with Crippen LogP contribution in [0.2, 0.25) is 0 Å². The van der Waals surface area contributed by atoms with E-state index in [2.05, 4.69) is 34.7 Å². The third kappa shape index (κ3) is 4.10. The van der Waals surface area contributed by atoms with Crippen LogP contribution in [0.25, 0.3) is 0 Å². The minimum absolute atomic E-state index is 0.157. The summed E-state index contributed by atoms with van der Waals surface area (Å²) in [5.41, 5.74) is 0.768. The van der Waals surface area contributed by atoms with Crippen LogP contribution in [0, 0.1) is 5.92 Å². The predicted octanol–water partition coefficient (Wildman–Crippen LogP) is 2.98. The quantitative estimate of drug-likeness (QED) is 0.812. The highest BCUT2D eigenvalue weighted by Gasteiger charge is 2.25. The van der Waals surface area contributed by atoms with E-state index in [1.807, 2.05) is 28.8 Å². The molecule has 1 saturated heterocycles. The Bertz CT molecular complexity index is 474. The fourth-order valence-electron chi connectivity index (χ4n) is 3.06. The number of hydrogen-bond donors (Lipinski definition) is 0. The molecular formula is C16H26BrN3O. The number of nitrogens with zero attached hydrogens (tertiary/aromatic N) is 3. The zero-order valence-corrected chi connectivity index (χ0v) is 14.9. The van der Waals surface area contributed by atoms with Gasteiger partial charge in [0, 0.05) is 37.4 Å². The first kappa shape index (κ1) is 16.6. The molecule has 2 rings (SSSR count). The third-order valence-corrected chi connectivity index (χ3v) is 4.94. The van der Waals surface area contributed by atoms with E-state index < -0.39 is 0 Å². The number of likely N-dealkylation sites (tertiary alicyclic amines) is 1. The van der Waals surface area contributed by atoms with Crippen LogP contribution in [-0.2, 0) is 7.05 Å². The highest BCUT2D eigenvalue weighted by atomic mass is 79.9. The number of halogens is 1. The summed E-state index contributed by atoms with van der Waals surface area (Å²) in [5, 5.41) is 0. The number of rotatable bonds is 5. The molecule has 0 aromatic carbocycles. The van der Waals surface area contributed by atoms with Gasteiger partial charge in [0.1, 0.15) is 5.69 Å². The molecule has 1 aromatic heterocycles. The number of aryl methyl sites for hydroxylation is 1. The van der Waals surface area contributed by atoms with Crippen LogP contribution >= 0.6 is 15.9 Å². The molecule has 21 heavy (non-hydrogen) atoms. The Morgan fingerprint density at radius 3 is 2.43 bits per heavy atom. The van der Waals surface area contributed by atoms with Gasteiger partial charge >= 0.3 is 0 Å². The summed E-state index contributed by atoms with van der Waals surface area (Å²) in [5.74, 6) is 0.888. The van der Waals surface area contributed by atoms with Gasteiger partial charge < -0.3 is 14.4 Å². The summed E-state index contributed by atoms with van der Waals surface area (Å²) in [6, 6.07) is 1.91. The van der Waals surface area contributed by atoms with Crippen molar-refractivity contribution in [1.82, 2.24) is 14.4 Å². The molecule has 1 aromatic rings. The van der Waals surface area contributed by atoms with Crippen molar-refractivity contribution in [2.75, 3.05) is 32.7 Å². The first-order chi connectivity index (χ1) is 10.0. The van der Waals surface area contributed by atoms with Gasteiger partial charge in [-0.3, -0.25) is 4.79 Å². The van der Waals surface area contributed by atoms with Crippen molar-refractivity contribution < 1.29 is 4.79 Å². The number of carbonyl (C=O) groups excluding carboxylic acids is 1. The van der Waals surface area contributed by atoms with Crippen LogP contribution in [-0.4, -0.2) is 53.0 Å². The molecule has 2 heterocycles. The zero-order chi connectivity index (χ0) is 15.4. The normalized spacial score (nSPS) is 16.7. The Hall–Kier alpha value is -0.810. The topological polar surface area (TPSA) is 28.5 Å². The molecule has 1 aliphatic rings. The molecule has 0 N–H and O–H groups in total. The summed E-state index contributed by atoms with van der Waals surface area (Å²) in [7, 11) is 1.92. The highest BCUT2D eigenvalue weighted by Crippen LogP contribution is 2.21. The lowest BCUT2D eigenvalue weighted by Crippen LogP contribution is -2.42. The minimum atomic E-state index is 0.157. The van der Waals surface area contributed by atoms with E-state index in [0.29, 0.717) is 0 Å². The van der Waals surface area contributed by atoms with Gasteiger partial charge in [-0.05, 0) is 53.8 Å². The Balaban J connectivity index is 1.89. The van der Waals surface area contributed by atoms with E-state index in [-0.39, 0.29) is 5.91 Å². The van der Waals surface area contributed by atoms with Crippen molar-refractivity contribution >= 4 is 21.8 Å². The summed E-state index contributed by atoms with van der Waals surface area (Å²) in [6.45, 7) is 9.61. The van der Waals surface area contributed by atoms with Gasteiger partial charge in [0.25, 0.3) is 5.91 Å². The van der Waals surface area contributed by atoms with E-state index in [9.17, 15) is 4.79 Å². The molecule has 0 aliphatic carbocycles. The standard InChI is InChI=1S/C16H26BrN3O/c1-4-19(5-2)11-13-6-8-20(9-7-13)16(21)15-10-14(17)12-18(15)3/h10,12-13H,4-9,11H2,1-3H3. The average molecular weight is 356 g/mol. The number of aromatic nitrogens is 1. The first-order valence-corrected chi connectivity index (χ1v) is 8.67. The lowest BCUT2D eigenvalue weighted by atomic mass is 9.96. The van der Waals surface area contributed by atoms with Crippen molar-refractivity contribution in [2.45, 2.75) is 26.7 Å². The molecule has 0 atom stereocenters. The largest absolute Gasteiger partial charge is 0.345 e. The van der Waals surface area contributed by atoms with Crippen LogP contribution in [0.15, 0.2) is 16.7 Å². The molecule has 1 aliphatic heterocycles. The van der Waals surface area contributed by atoms with Gasteiger partial charge in [-0.25, -0.2) is 0 Å². The summed E-state index contributed by atoms with van der Waals surface area (Å²) in [4.78, 5) is 17.0. The molecule has 0 saturated carbocycles. The Kier molecular flexibility index (Phi) is 5.88. The second-order valence-electron chi connectivity index (χ2n) is 5.88. The van der Waals surface area contributed by atoms with Gasteiger partial charge in [-0.15, -0.1) is 0 Å². The van der Waals surface area contributed by atoms with Gasteiger partial charge in [0.15, 0.2) is 0 Å². The molecule has 118 valence electrons. The van der Waals surface area contributed by atoms with Crippen molar-refractivity contribution in [3.63, 3.8) is 0 Å². The van der Waals surface area contributed by atoms with Gasteiger partial charge in [0.05, 0.1) is 0 Å². The lowest BCUT2D eigenvalue weighted by Gasteiger charge is -2.34. The molecule has 0 unspecified atom stereocenters. The van der Waals surface area contributed by atoms with Crippen molar-refractivity contribution in [3.8, 4) is 0 Å². The average Bonchev–Trinajstić information content (AvgIpc) is 2.83. The minimum Gasteiger partial charge on any atom is -0.345 e. The Labute approximate surface area is 136 Å². The van der Waals surface area contributed by atoms with E-state index in [1.165, 1.54) is 6.54 Å². The molecule has 0 radical (unpaired) electrons. The van der Waals surface area contributed by atoms with E-state index in [4.69, 9.17) is 0 Å². The number of piperidine rings is 1. The maximum absolute atomic E-state index is 12.5. The first-order valence-electron chi connectivity index (χ1n) is 7.88. The lowest BCUT2D eigenvalue weighted by molar-refractivity contribution is 0.0660. The van der Waals surface area contributed by atoms with Crippen LogP contribution in [0.5, 0.6) is 0 Å². The Morgan fingerprint density at radius 1 is 1.33 bits per heavy atom. The number of carbonyl (C=O) groups is 1. The second-order valence-corrected chi connectivity index (χ2v) is 6.79. The molecule has 5 heteroatoms. The van der Waals surface area contributed by atoms with Crippen LogP contribution in [0.4, 0.5) is 0 Å². The number of hydrogen-bond acceptors (Lipinski definition) is 2. The zero-order valence-electron chi connectivity index (χ0n) is 13.3. The number of amides is 1. The second kappa shape index (κ2) is 7.45. The monoisotopic (exact) mass is 355 g/mol. The van der Waals surface area contributed by atoms with Gasteiger partial charge in [-0.1, -0.05) is 13.8 Å². The summed E-state index contributed by atoms with van der Waals surface area (Å²) in [6.07, 6.45) is 4.17. The Morgan fingerprint density at radius 2 is 1.95 bits per heavy atom. The molecule has 0 bridgehead atoms. The molecule has 0 spiro atoms. The van der Waals surface area contributed by atoms with Crippen LogP contribution in [0.3, 0.4) is 0 Å². The van der Waals surface area contributed by atoms with Crippen LogP contribution in [0.1, 0.15) is 37.2 Å². The summed E-state index contributed by atoms with van der Waals surface area (Å²) >= 11 is 3.43. The molecular weight excluding hydrogens is 330 g/mol. The highest BCUT2D eigenvalue weighted by molar-refractivity contribution is 9.10. The maximum Gasteiger partial charge on any atom is 0.270 e. The fourth-order valence-corrected chi connectivity index (χ4v) is 3.59. The van der Waals surface area contributed by atoms with Gasteiger partial charge in [0.2, 0.25) is 0 Å². The maximum atomic E-state index is 12.5. The van der Waals surface area contributed by atoms with Gasteiger partial charge in [-0.2, -0.15) is 0 Å². The predicted molar refractivity (Wildman–Crippen MR) is 89.5 cm³/mol. The molecule has 4 nitrogen and oxygen atoms in total. The smallest absolute Gasteiger partial charge is 0.270 e. The van der Waals surface area contributed by atoms with Crippen molar-refractivity contribution in [2.24, 2.45) is 13.0 Å². The van der Waals surface area contributed by atoms with Crippen molar-refractivity contribution in [3.05, 3.63) is 22.4 Å². The molecule has 1 fully saturated rings. The fraction of sp³-hybridized carbons (Fsp3) is 0.688. The van der Waals surface area contributed by atoms with E-state index >= 15 is 0 Å². The van der Waals surface area contributed by atoms with Crippen molar-refractivity contribution in [1.29, 1.82) is 0 Å². The summed E-state index contributed by atoms with van der Waals surface area (Å²) < 4.78 is 2.86. The van der Waals surface area contributed by atoms with Crippen LogP contribution < -0.4 is 0 Å². The SMILES string of the molecule is CCN(CC)CC1CCN(C(=O)c2cc(Br)cn2C)CC1. The van der Waals surface area contributed by atoms with E-state index in [1.54, 1.807) is 0 Å². The third-order valence-electron chi connectivity index (χ3n) is 4.50. The van der Waals surface area contributed by atoms with E-state index in [0.717, 1.165) is 55.1 Å². The molecule has 1 amide bonds.